The zero-order valence-electron chi connectivity index (χ0n) is 18.4. The summed E-state index contributed by atoms with van der Waals surface area (Å²) in [6.07, 6.45) is 13.6. The molecule has 0 aromatic heterocycles. The zero-order valence-corrected chi connectivity index (χ0v) is 18.4. The van der Waals surface area contributed by atoms with Gasteiger partial charge < -0.3 is 9.84 Å². The van der Waals surface area contributed by atoms with Crippen molar-refractivity contribution in [1.82, 2.24) is 0 Å². The molecule has 0 aromatic rings. The Morgan fingerprint density at radius 2 is 2.00 bits per heavy atom. The fourth-order valence-corrected chi connectivity index (χ4v) is 8.27. The molecule has 0 spiro atoms. The van der Waals surface area contributed by atoms with Crippen LogP contribution in [0, 0.1) is 40.4 Å². The summed E-state index contributed by atoms with van der Waals surface area (Å²) in [5, 5.41) is 10.2. The van der Waals surface area contributed by atoms with Gasteiger partial charge in [0.1, 0.15) is 0 Å². The second kappa shape index (κ2) is 7.45. The van der Waals surface area contributed by atoms with Crippen molar-refractivity contribution in [2.45, 2.75) is 91.1 Å². The Labute approximate surface area is 171 Å². The van der Waals surface area contributed by atoms with Gasteiger partial charge in [0.25, 0.3) is 0 Å². The summed E-state index contributed by atoms with van der Waals surface area (Å²) >= 11 is 0. The van der Waals surface area contributed by atoms with Crippen molar-refractivity contribution in [3.8, 4) is 0 Å². The molecule has 4 aliphatic rings. The molecule has 4 rings (SSSR count). The fraction of sp³-hybridized carbons (Fsp3) is 0.880. The molecule has 3 fully saturated rings. The third kappa shape index (κ3) is 3.16. The first-order valence-corrected chi connectivity index (χ1v) is 11.7. The van der Waals surface area contributed by atoms with Crippen LogP contribution in [-0.4, -0.2) is 24.3 Å². The molecule has 0 heterocycles. The maximum atomic E-state index is 11.6. The smallest absolute Gasteiger partial charge is 0.305 e. The molecule has 1 N–H and O–H groups in total. The fourth-order valence-electron chi connectivity index (χ4n) is 8.27. The number of aliphatic hydroxyl groups is 1. The van der Waals surface area contributed by atoms with Crippen molar-refractivity contribution >= 4 is 5.97 Å². The Kier molecular flexibility index (Phi) is 5.44. The molecule has 3 saturated carbocycles. The second-order valence-electron chi connectivity index (χ2n) is 11.0. The van der Waals surface area contributed by atoms with Gasteiger partial charge in [-0.2, -0.15) is 0 Å². The molecule has 158 valence electrons. The van der Waals surface area contributed by atoms with Crippen molar-refractivity contribution in [3.05, 3.63) is 11.6 Å². The van der Waals surface area contributed by atoms with Gasteiger partial charge in [-0.3, -0.25) is 4.79 Å². The summed E-state index contributed by atoms with van der Waals surface area (Å²) < 4.78 is 4.87. The number of fused-ring (bicyclic) bond motifs is 5. The molecule has 0 aliphatic heterocycles. The van der Waals surface area contributed by atoms with Crippen LogP contribution in [0.2, 0.25) is 0 Å². The predicted octanol–water partition coefficient (Wildman–Crippen LogP) is 5.52. The highest BCUT2D eigenvalue weighted by atomic mass is 16.5. The van der Waals surface area contributed by atoms with Gasteiger partial charge in [-0.1, -0.05) is 32.4 Å². The molecule has 3 nitrogen and oxygen atoms in total. The van der Waals surface area contributed by atoms with Crippen molar-refractivity contribution in [3.63, 3.8) is 0 Å². The third-order valence-corrected chi connectivity index (χ3v) is 9.87. The standard InChI is InChI=1S/C25H40O3/c1-16(5-10-23(27)28-4)20-8-9-21-19-7-6-17-15-18(26)11-13-24(17,2)22(19)12-14-25(20,21)3/h6,16,18-22,26H,5,7-15H2,1-4H3/t16-,18+,19-,20-,21+,22-,24-,25+/m0/s1. The van der Waals surface area contributed by atoms with Crippen LogP contribution in [-0.2, 0) is 9.53 Å². The van der Waals surface area contributed by atoms with E-state index in [0.717, 1.165) is 42.9 Å². The van der Waals surface area contributed by atoms with Gasteiger partial charge in [-0.15, -0.1) is 0 Å². The van der Waals surface area contributed by atoms with Gasteiger partial charge in [0.05, 0.1) is 13.2 Å². The van der Waals surface area contributed by atoms with Gasteiger partial charge in [0, 0.05) is 6.42 Å². The largest absolute Gasteiger partial charge is 0.469 e. The summed E-state index contributed by atoms with van der Waals surface area (Å²) in [6.45, 7) is 7.46. The van der Waals surface area contributed by atoms with Crippen molar-refractivity contribution in [2.24, 2.45) is 40.4 Å². The van der Waals surface area contributed by atoms with Crippen molar-refractivity contribution in [2.75, 3.05) is 7.11 Å². The Hall–Kier alpha value is -0.830. The molecule has 8 atom stereocenters. The number of methoxy groups -OCH3 is 1. The molecular weight excluding hydrogens is 348 g/mol. The first-order chi connectivity index (χ1) is 13.3. The van der Waals surface area contributed by atoms with E-state index < -0.39 is 0 Å². The number of carbonyl (C=O) groups excluding carboxylic acids is 1. The number of aliphatic hydroxyl groups excluding tert-OH is 1. The molecule has 0 amide bonds. The number of hydrogen-bond donors (Lipinski definition) is 1. The van der Waals surface area contributed by atoms with E-state index in [-0.39, 0.29) is 12.1 Å². The van der Waals surface area contributed by atoms with Crippen molar-refractivity contribution < 1.29 is 14.6 Å². The second-order valence-corrected chi connectivity index (χ2v) is 11.0. The lowest BCUT2D eigenvalue weighted by Gasteiger charge is -2.58. The van der Waals surface area contributed by atoms with Crippen LogP contribution < -0.4 is 0 Å². The highest BCUT2D eigenvalue weighted by molar-refractivity contribution is 5.69. The quantitative estimate of drug-likeness (QED) is 0.510. The Morgan fingerprint density at radius 1 is 1.21 bits per heavy atom. The summed E-state index contributed by atoms with van der Waals surface area (Å²) in [5.41, 5.74) is 2.34. The van der Waals surface area contributed by atoms with E-state index in [1.165, 1.54) is 45.6 Å². The minimum absolute atomic E-state index is 0.0624. The number of ether oxygens (including phenoxy) is 1. The molecule has 0 aromatic carbocycles. The van der Waals surface area contributed by atoms with E-state index >= 15 is 0 Å². The number of rotatable bonds is 4. The van der Waals surface area contributed by atoms with E-state index in [4.69, 9.17) is 4.74 Å². The molecule has 0 radical (unpaired) electrons. The number of hydrogen-bond acceptors (Lipinski definition) is 3. The first-order valence-electron chi connectivity index (χ1n) is 11.7. The molecule has 0 unspecified atom stereocenters. The Bertz CT molecular complexity index is 640. The van der Waals surface area contributed by atoms with Crippen molar-refractivity contribution in [1.29, 1.82) is 0 Å². The monoisotopic (exact) mass is 388 g/mol. The molecule has 3 heteroatoms. The van der Waals surface area contributed by atoms with Crippen LogP contribution in [0.5, 0.6) is 0 Å². The summed E-state index contributed by atoms with van der Waals surface area (Å²) in [7, 11) is 1.50. The van der Waals surface area contributed by atoms with Gasteiger partial charge in [-0.05, 0) is 98.2 Å². The first kappa shape index (κ1) is 20.4. The van der Waals surface area contributed by atoms with Gasteiger partial charge in [0.2, 0.25) is 0 Å². The lowest BCUT2D eigenvalue weighted by atomic mass is 9.47. The van der Waals surface area contributed by atoms with Crippen LogP contribution >= 0.6 is 0 Å². The lowest BCUT2D eigenvalue weighted by molar-refractivity contribution is -0.141. The Balaban J connectivity index is 1.51. The normalized spacial score (nSPS) is 46.0. The minimum Gasteiger partial charge on any atom is -0.469 e. The molecule has 4 aliphatic carbocycles. The molecule has 0 saturated heterocycles. The van der Waals surface area contributed by atoms with E-state index in [1.807, 2.05) is 0 Å². The predicted molar refractivity (Wildman–Crippen MR) is 112 cm³/mol. The SMILES string of the molecule is COC(=O)CC[C@H](C)[C@@H]1CC[C@@H]2[C@@H]3CC=C4C[C@H](O)CC[C@]4(C)[C@H]3CC[C@@]21C. The highest BCUT2D eigenvalue weighted by Gasteiger charge is 2.59. The maximum absolute atomic E-state index is 11.6. The summed E-state index contributed by atoms with van der Waals surface area (Å²) in [6, 6.07) is 0. The van der Waals surface area contributed by atoms with Gasteiger partial charge in [-0.25, -0.2) is 0 Å². The average Bonchev–Trinajstić information content (AvgIpc) is 3.03. The summed E-state index contributed by atoms with van der Waals surface area (Å²) in [5.74, 6) is 3.74. The third-order valence-electron chi connectivity index (χ3n) is 9.87. The topological polar surface area (TPSA) is 46.5 Å². The number of esters is 1. The summed E-state index contributed by atoms with van der Waals surface area (Å²) in [4.78, 5) is 11.6. The number of carbonyl (C=O) groups is 1. The van der Waals surface area contributed by atoms with Crippen LogP contribution in [0.25, 0.3) is 0 Å². The zero-order chi connectivity index (χ0) is 20.1. The van der Waals surface area contributed by atoms with Crippen LogP contribution in [0.3, 0.4) is 0 Å². The van der Waals surface area contributed by atoms with E-state index in [2.05, 4.69) is 26.8 Å². The lowest BCUT2D eigenvalue weighted by Crippen LogP contribution is -2.50. The van der Waals surface area contributed by atoms with Gasteiger partial charge in [0.15, 0.2) is 0 Å². The van der Waals surface area contributed by atoms with E-state index in [9.17, 15) is 9.90 Å². The van der Waals surface area contributed by atoms with Crippen LogP contribution in [0.4, 0.5) is 0 Å². The highest BCUT2D eigenvalue weighted by Crippen LogP contribution is 2.67. The molecule has 28 heavy (non-hydrogen) atoms. The average molecular weight is 389 g/mol. The molecule has 0 bridgehead atoms. The maximum Gasteiger partial charge on any atom is 0.305 e. The molecular formula is C25H40O3. The van der Waals surface area contributed by atoms with Gasteiger partial charge >= 0.3 is 5.97 Å². The van der Waals surface area contributed by atoms with E-state index in [1.54, 1.807) is 5.57 Å². The van der Waals surface area contributed by atoms with Crippen LogP contribution in [0.15, 0.2) is 11.6 Å². The Morgan fingerprint density at radius 3 is 2.75 bits per heavy atom. The minimum atomic E-state index is -0.115. The van der Waals surface area contributed by atoms with Crippen LogP contribution in [0.1, 0.15) is 85.0 Å². The van der Waals surface area contributed by atoms with E-state index in [0.29, 0.717) is 23.2 Å². The number of allylic oxidation sites excluding steroid dienone is 1.